The molecule has 0 N–H and O–H groups in total. The maximum Gasteiger partial charge on any atom is 0.608 e. The van der Waals surface area contributed by atoms with Crippen LogP contribution in [0.5, 0.6) is 11.5 Å². The second-order valence-electron chi connectivity index (χ2n) is 4.47. The van der Waals surface area contributed by atoms with Crippen LogP contribution in [0.4, 0.5) is 0 Å². The van der Waals surface area contributed by atoms with Crippen molar-refractivity contribution < 1.29 is 18.5 Å². The summed E-state index contributed by atoms with van der Waals surface area (Å²) in [6, 6.07) is 12.5. The maximum absolute atomic E-state index is 12.1. The van der Waals surface area contributed by atoms with Gasteiger partial charge in [-0.15, -0.1) is 0 Å². The molecule has 3 rings (SSSR count). The van der Waals surface area contributed by atoms with E-state index in [1.165, 1.54) is 4.57 Å². The van der Waals surface area contributed by atoms with E-state index in [4.69, 9.17) is 13.9 Å². The third-order valence-corrected chi connectivity index (χ3v) is 3.23. The number of fused-ring (bicyclic) bond motifs is 1. The minimum atomic E-state index is -0.446. The fraction of sp³-hybridized carbons (Fsp3) is 0.125. The van der Waals surface area contributed by atoms with Crippen molar-refractivity contribution in [1.82, 2.24) is 0 Å². The lowest BCUT2D eigenvalue weighted by molar-refractivity contribution is -0.623. The lowest BCUT2D eigenvalue weighted by atomic mass is 10.2. The molecule has 106 valence electrons. The molecule has 0 amide bonds. The van der Waals surface area contributed by atoms with Gasteiger partial charge >= 0.3 is 5.76 Å². The van der Waals surface area contributed by atoms with E-state index in [0.29, 0.717) is 17.0 Å². The van der Waals surface area contributed by atoms with Gasteiger partial charge in [0.1, 0.15) is 11.5 Å². The Balaban J connectivity index is 2.16. The molecule has 0 aliphatic carbocycles. The van der Waals surface area contributed by atoms with Gasteiger partial charge in [-0.25, -0.2) is 0 Å². The highest BCUT2D eigenvalue weighted by atomic mass is 16.5. The highest BCUT2D eigenvalue weighted by molar-refractivity contribution is 5.76. The normalized spacial score (nSPS) is 10.6. The Hall–Kier alpha value is -2.82. The molecule has 3 aromatic rings. The highest BCUT2D eigenvalue weighted by Crippen LogP contribution is 2.18. The molecule has 21 heavy (non-hydrogen) atoms. The summed E-state index contributed by atoms with van der Waals surface area (Å²) in [4.78, 5) is 12.1. The molecule has 1 heterocycles. The number of rotatable bonds is 3. The van der Waals surface area contributed by atoms with Gasteiger partial charge in [0, 0.05) is 12.1 Å². The number of aromatic nitrogens is 1. The van der Waals surface area contributed by atoms with Gasteiger partial charge in [-0.1, -0.05) is 4.57 Å². The second-order valence-corrected chi connectivity index (χ2v) is 4.47. The van der Waals surface area contributed by atoms with Crippen LogP contribution in [-0.2, 0) is 0 Å². The van der Waals surface area contributed by atoms with E-state index in [9.17, 15) is 4.79 Å². The highest BCUT2D eigenvalue weighted by Gasteiger charge is 2.16. The molecular formula is C16H14NO4+. The van der Waals surface area contributed by atoms with Crippen molar-refractivity contribution in [3.8, 4) is 17.2 Å². The molecule has 1 aromatic heterocycles. The van der Waals surface area contributed by atoms with Gasteiger partial charge in [0.25, 0.3) is 0 Å². The van der Waals surface area contributed by atoms with E-state index in [1.807, 2.05) is 6.07 Å². The van der Waals surface area contributed by atoms with E-state index in [1.54, 1.807) is 56.8 Å². The molecule has 0 unspecified atom stereocenters. The fourth-order valence-corrected chi connectivity index (χ4v) is 2.11. The Morgan fingerprint density at radius 2 is 1.62 bits per heavy atom. The number of nitrogens with zero attached hydrogens (tertiary/aromatic N) is 1. The summed E-state index contributed by atoms with van der Waals surface area (Å²) in [6.07, 6.45) is 1.73. The van der Waals surface area contributed by atoms with Crippen LogP contribution < -0.4 is 19.8 Å². The van der Waals surface area contributed by atoms with E-state index < -0.39 is 5.76 Å². The molecule has 0 aliphatic heterocycles. The van der Waals surface area contributed by atoms with Crippen LogP contribution in [0.15, 0.2) is 57.9 Å². The van der Waals surface area contributed by atoms with Crippen LogP contribution >= 0.6 is 0 Å². The predicted octanol–water partition coefficient (Wildman–Crippen LogP) is 2.09. The first-order valence-corrected chi connectivity index (χ1v) is 6.39. The van der Waals surface area contributed by atoms with Crippen molar-refractivity contribution in [2.24, 2.45) is 0 Å². The van der Waals surface area contributed by atoms with Crippen molar-refractivity contribution in [2.45, 2.75) is 0 Å². The lowest BCUT2D eigenvalue weighted by Gasteiger charge is -2.01. The van der Waals surface area contributed by atoms with E-state index in [2.05, 4.69) is 0 Å². The molecule has 5 nitrogen and oxygen atoms in total. The van der Waals surface area contributed by atoms with Gasteiger partial charge in [-0.3, -0.25) is 0 Å². The van der Waals surface area contributed by atoms with Crippen molar-refractivity contribution in [2.75, 3.05) is 14.2 Å². The Morgan fingerprint density at radius 1 is 0.952 bits per heavy atom. The SMILES string of the molecule is COc1ccc(-[n+]2cc3cc(OC)ccc3oc2=O)cc1. The quantitative estimate of drug-likeness (QED) is 0.691. The van der Waals surface area contributed by atoms with Crippen LogP contribution in [0.2, 0.25) is 0 Å². The lowest BCUT2D eigenvalue weighted by Crippen LogP contribution is -2.46. The summed E-state index contributed by atoms with van der Waals surface area (Å²) < 4.78 is 17.1. The molecule has 0 atom stereocenters. The Kier molecular flexibility index (Phi) is 3.31. The van der Waals surface area contributed by atoms with Crippen molar-refractivity contribution in [1.29, 1.82) is 0 Å². The second kappa shape index (κ2) is 5.28. The molecule has 2 aromatic carbocycles. The van der Waals surface area contributed by atoms with Gasteiger partial charge in [-0.2, -0.15) is 4.79 Å². The van der Waals surface area contributed by atoms with Gasteiger partial charge in [0.2, 0.25) is 5.69 Å². The molecular weight excluding hydrogens is 270 g/mol. The monoisotopic (exact) mass is 284 g/mol. The maximum atomic E-state index is 12.1. The van der Waals surface area contributed by atoms with Crippen LogP contribution in [0.1, 0.15) is 0 Å². The zero-order valence-electron chi connectivity index (χ0n) is 11.7. The van der Waals surface area contributed by atoms with E-state index >= 15 is 0 Å². The largest absolute Gasteiger partial charge is 0.608 e. The van der Waals surface area contributed by atoms with Crippen molar-refractivity contribution in [3.63, 3.8) is 0 Å². The fourth-order valence-electron chi connectivity index (χ4n) is 2.11. The third-order valence-electron chi connectivity index (χ3n) is 3.23. The van der Waals surface area contributed by atoms with Gasteiger partial charge in [0.15, 0.2) is 11.8 Å². The third kappa shape index (κ3) is 2.45. The molecule has 0 spiro atoms. The first kappa shape index (κ1) is 13.2. The molecule has 5 heteroatoms. The zero-order chi connectivity index (χ0) is 14.8. The summed E-state index contributed by atoms with van der Waals surface area (Å²) in [5, 5.41) is 0.782. The standard InChI is InChI=1S/C16H14NO4/c1-19-13-5-3-12(4-6-13)17-10-11-9-14(20-2)7-8-15(11)21-16(17)18/h3-10H,1-2H3/q+1. The summed E-state index contributed by atoms with van der Waals surface area (Å²) in [6.45, 7) is 0. The minimum Gasteiger partial charge on any atom is -0.497 e. The number of hydrogen-bond donors (Lipinski definition) is 0. The van der Waals surface area contributed by atoms with Gasteiger partial charge in [0.05, 0.1) is 19.6 Å². The Bertz CT molecular complexity index is 837. The minimum absolute atomic E-state index is 0.446. The molecule has 0 fully saturated rings. The van der Waals surface area contributed by atoms with Crippen LogP contribution in [-0.4, -0.2) is 14.2 Å². The zero-order valence-corrected chi connectivity index (χ0v) is 11.7. The Morgan fingerprint density at radius 3 is 2.29 bits per heavy atom. The number of benzene rings is 2. The van der Waals surface area contributed by atoms with Gasteiger partial charge in [-0.05, 0) is 30.3 Å². The molecule has 0 saturated heterocycles. The number of hydrogen-bond acceptors (Lipinski definition) is 4. The summed E-state index contributed by atoms with van der Waals surface area (Å²) in [7, 11) is 3.19. The first-order valence-electron chi connectivity index (χ1n) is 6.39. The van der Waals surface area contributed by atoms with E-state index in [-0.39, 0.29) is 0 Å². The van der Waals surface area contributed by atoms with E-state index in [0.717, 1.165) is 11.1 Å². The Labute approximate surface area is 121 Å². The van der Waals surface area contributed by atoms with Crippen molar-refractivity contribution >= 4 is 11.0 Å². The molecule has 0 radical (unpaired) electrons. The van der Waals surface area contributed by atoms with Crippen molar-refractivity contribution in [3.05, 3.63) is 59.2 Å². The van der Waals surface area contributed by atoms with Crippen LogP contribution in [0, 0.1) is 0 Å². The molecule has 0 aliphatic rings. The molecule has 0 bridgehead atoms. The van der Waals surface area contributed by atoms with Gasteiger partial charge < -0.3 is 13.9 Å². The average Bonchev–Trinajstić information content (AvgIpc) is 2.54. The van der Waals surface area contributed by atoms with Crippen LogP contribution in [0.25, 0.3) is 16.7 Å². The van der Waals surface area contributed by atoms with Crippen LogP contribution in [0.3, 0.4) is 0 Å². The number of ether oxygens (including phenoxy) is 2. The number of methoxy groups -OCH3 is 2. The first-order chi connectivity index (χ1) is 10.2. The molecule has 0 saturated carbocycles. The summed E-state index contributed by atoms with van der Waals surface area (Å²) in [5.74, 6) is 0.988. The smallest absolute Gasteiger partial charge is 0.497 e. The average molecular weight is 284 g/mol. The summed E-state index contributed by atoms with van der Waals surface area (Å²) in [5.41, 5.74) is 1.22. The predicted molar refractivity (Wildman–Crippen MR) is 77.1 cm³/mol. The topological polar surface area (TPSA) is 52.6 Å². The summed E-state index contributed by atoms with van der Waals surface area (Å²) >= 11 is 0.